The second-order valence-corrected chi connectivity index (χ2v) is 4.66. The van der Waals surface area contributed by atoms with Gasteiger partial charge in [0.1, 0.15) is 5.82 Å². The Kier molecular flexibility index (Phi) is 3.55. The number of carbonyl (C=O) groups is 1. The van der Waals surface area contributed by atoms with Crippen LogP contribution in [0.3, 0.4) is 0 Å². The van der Waals surface area contributed by atoms with E-state index in [1.807, 2.05) is 13.8 Å². The van der Waals surface area contributed by atoms with Crippen LogP contribution in [0.4, 0.5) is 4.39 Å². The van der Waals surface area contributed by atoms with Gasteiger partial charge in [0.15, 0.2) is 0 Å². The zero-order valence-electron chi connectivity index (χ0n) is 10.4. The minimum absolute atomic E-state index is 0.151. The van der Waals surface area contributed by atoms with Crippen molar-refractivity contribution in [1.29, 1.82) is 0 Å². The molecule has 0 saturated heterocycles. The number of nitrogens with one attached hydrogen (secondary N) is 1. The Balaban J connectivity index is 2.24. The second-order valence-electron chi connectivity index (χ2n) is 4.66. The summed E-state index contributed by atoms with van der Waals surface area (Å²) in [5.74, 6) is -0.0779. The minimum Gasteiger partial charge on any atom is -0.352 e. The number of halogens is 1. The average Bonchev–Trinajstić information content (AvgIpc) is 2.35. The first-order chi connectivity index (χ1) is 8.56. The van der Waals surface area contributed by atoms with E-state index in [2.05, 4.69) is 10.3 Å². The highest BCUT2D eigenvalue weighted by atomic mass is 19.1. The van der Waals surface area contributed by atoms with E-state index >= 15 is 0 Å². The number of rotatable bonds is 3. The maximum atomic E-state index is 13.0. The fourth-order valence-corrected chi connectivity index (χ4v) is 1.62. The van der Waals surface area contributed by atoms with Crippen molar-refractivity contribution in [2.45, 2.75) is 13.8 Å². The first kappa shape index (κ1) is 12.5. The van der Waals surface area contributed by atoms with Crippen molar-refractivity contribution < 1.29 is 9.18 Å². The van der Waals surface area contributed by atoms with Crippen molar-refractivity contribution in [2.75, 3.05) is 6.54 Å². The molecule has 3 nitrogen and oxygen atoms in total. The Hall–Kier alpha value is -1.97. The van der Waals surface area contributed by atoms with Crippen LogP contribution in [0, 0.1) is 11.7 Å². The van der Waals surface area contributed by atoms with Crippen LogP contribution in [0.15, 0.2) is 30.5 Å². The van der Waals surface area contributed by atoms with Gasteiger partial charge in [0.05, 0.1) is 11.1 Å². The van der Waals surface area contributed by atoms with Crippen LogP contribution in [-0.2, 0) is 0 Å². The van der Waals surface area contributed by atoms with Crippen molar-refractivity contribution >= 4 is 16.8 Å². The van der Waals surface area contributed by atoms with Gasteiger partial charge < -0.3 is 5.32 Å². The lowest BCUT2D eigenvalue weighted by atomic mass is 10.1. The van der Waals surface area contributed by atoms with Crippen LogP contribution in [0.1, 0.15) is 24.2 Å². The standard InChI is InChI=1S/C14H15FN2O/c1-9(2)7-17-14(18)11-5-10-3-4-12(15)6-13(10)16-8-11/h3-6,8-9H,7H2,1-2H3,(H,17,18). The molecular weight excluding hydrogens is 231 g/mol. The van der Waals surface area contributed by atoms with Crippen LogP contribution in [-0.4, -0.2) is 17.4 Å². The molecule has 0 saturated carbocycles. The zero-order chi connectivity index (χ0) is 13.1. The molecule has 1 N–H and O–H groups in total. The highest BCUT2D eigenvalue weighted by Crippen LogP contribution is 2.14. The van der Waals surface area contributed by atoms with E-state index in [9.17, 15) is 9.18 Å². The van der Waals surface area contributed by atoms with Crippen LogP contribution in [0.5, 0.6) is 0 Å². The first-order valence-electron chi connectivity index (χ1n) is 5.90. The molecule has 0 aliphatic heterocycles. The highest BCUT2D eigenvalue weighted by molar-refractivity contribution is 5.97. The molecule has 4 heteroatoms. The van der Waals surface area contributed by atoms with Gasteiger partial charge in [-0.15, -0.1) is 0 Å². The van der Waals surface area contributed by atoms with E-state index in [4.69, 9.17) is 0 Å². The van der Waals surface area contributed by atoms with Crippen LogP contribution < -0.4 is 5.32 Å². The summed E-state index contributed by atoms with van der Waals surface area (Å²) in [5.41, 5.74) is 1.05. The van der Waals surface area contributed by atoms with Crippen molar-refractivity contribution in [2.24, 2.45) is 5.92 Å². The first-order valence-corrected chi connectivity index (χ1v) is 5.90. The van der Waals surface area contributed by atoms with Crippen molar-refractivity contribution in [3.63, 3.8) is 0 Å². The predicted octanol–water partition coefficient (Wildman–Crippen LogP) is 2.76. The summed E-state index contributed by atoms with van der Waals surface area (Å²) in [7, 11) is 0. The normalized spacial score (nSPS) is 10.9. The van der Waals surface area contributed by atoms with Crippen LogP contribution in [0.25, 0.3) is 10.9 Å². The lowest BCUT2D eigenvalue weighted by Crippen LogP contribution is -2.27. The Morgan fingerprint density at radius 2 is 2.17 bits per heavy atom. The number of aromatic nitrogens is 1. The number of fused-ring (bicyclic) bond motifs is 1. The summed E-state index contributed by atoms with van der Waals surface area (Å²) in [6.07, 6.45) is 1.47. The van der Waals surface area contributed by atoms with Gasteiger partial charge in [0.2, 0.25) is 0 Å². The molecule has 18 heavy (non-hydrogen) atoms. The molecule has 0 atom stereocenters. The van der Waals surface area contributed by atoms with Crippen molar-refractivity contribution in [3.8, 4) is 0 Å². The Labute approximate surface area is 105 Å². The highest BCUT2D eigenvalue weighted by Gasteiger charge is 2.07. The van der Waals surface area contributed by atoms with Crippen molar-refractivity contribution in [1.82, 2.24) is 10.3 Å². The molecular formula is C14H15FN2O. The third-order valence-electron chi connectivity index (χ3n) is 2.58. The summed E-state index contributed by atoms with van der Waals surface area (Å²) >= 11 is 0. The number of nitrogens with zero attached hydrogens (tertiary/aromatic N) is 1. The van der Waals surface area contributed by atoms with Gasteiger partial charge in [-0.1, -0.05) is 13.8 Å². The summed E-state index contributed by atoms with van der Waals surface area (Å²) in [4.78, 5) is 15.9. The van der Waals surface area contributed by atoms with E-state index in [1.165, 1.54) is 18.3 Å². The Morgan fingerprint density at radius 3 is 2.89 bits per heavy atom. The average molecular weight is 246 g/mol. The van der Waals surface area contributed by atoms with Gasteiger partial charge in [-0.05, 0) is 24.1 Å². The summed E-state index contributed by atoms with van der Waals surface area (Å²) in [5, 5.41) is 3.58. The monoisotopic (exact) mass is 246 g/mol. The van der Waals surface area contributed by atoms with Crippen LogP contribution >= 0.6 is 0 Å². The molecule has 0 aliphatic carbocycles. The van der Waals surface area contributed by atoms with Crippen LogP contribution in [0.2, 0.25) is 0 Å². The molecule has 0 unspecified atom stereocenters. The van der Waals surface area contributed by atoms with Gasteiger partial charge >= 0.3 is 0 Å². The van der Waals surface area contributed by atoms with E-state index in [1.54, 1.807) is 12.1 Å². The predicted molar refractivity (Wildman–Crippen MR) is 68.9 cm³/mol. The molecule has 1 aromatic carbocycles. The molecule has 0 bridgehead atoms. The van der Waals surface area contributed by atoms with Crippen molar-refractivity contribution in [3.05, 3.63) is 41.8 Å². The minimum atomic E-state index is -0.327. The topological polar surface area (TPSA) is 42.0 Å². The molecule has 0 aliphatic rings. The molecule has 2 aromatic rings. The summed E-state index contributed by atoms with van der Waals surface area (Å²) in [6, 6.07) is 6.05. The van der Waals surface area contributed by atoms with E-state index < -0.39 is 0 Å². The molecule has 0 fully saturated rings. The maximum absolute atomic E-state index is 13.0. The van der Waals surface area contributed by atoms with Gasteiger partial charge in [-0.2, -0.15) is 0 Å². The van der Waals surface area contributed by atoms with Gasteiger partial charge in [0, 0.05) is 24.2 Å². The Bertz CT molecular complexity index is 581. The molecule has 1 amide bonds. The molecule has 94 valence electrons. The molecule has 1 aromatic heterocycles. The third kappa shape index (κ3) is 2.83. The van der Waals surface area contributed by atoms with Gasteiger partial charge in [-0.25, -0.2) is 4.39 Å². The number of pyridine rings is 1. The summed E-state index contributed by atoms with van der Waals surface area (Å²) < 4.78 is 13.0. The fourth-order valence-electron chi connectivity index (χ4n) is 1.62. The third-order valence-corrected chi connectivity index (χ3v) is 2.58. The zero-order valence-corrected chi connectivity index (χ0v) is 10.4. The van der Waals surface area contributed by atoms with E-state index in [0.29, 0.717) is 23.5 Å². The smallest absolute Gasteiger partial charge is 0.252 e. The number of hydrogen-bond acceptors (Lipinski definition) is 2. The maximum Gasteiger partial charge on any atom is 0.252 e. The SMILES string of the molecule is CC(C)CNC(=O)c1cnc2cc(F)ccc2c1. The Morgan fingerprint density at radius 1 is 1.39 bits per heavy atom. The number of amides is 1. The van der Waals surface area contributed by atoms with Gasteiger partial charge in [0.25, 0.3) is 5.91 Å². The molecule has 0 spiro atoms. The molecule has 0 radical (unpaired) electrons. The fraction of sp³-hybridized carbons (Fsp3) is 0.286. The van der Waals surface area contributed by atoms with E-state index in [-0.39, 0.29) is 11.7 Å². The van der Waals surface area contributed by atoms with E-state index in [0.717, 1.165) is 5.39 Å². The number of carbonyl (C=O) groups excluding carboxylic acids is 1. The van der Waals surface area contributed by atoms with Gasteiger partial charge in [-0.3, -0.25) is 9.78 Å². The molecule has 1 heterocycles. The lowest BCUT2D eigenvalue weighted by Gasteiger charge is -2.07. The quantitative estimate of drug-likeness (QED) is 0.904. The number of benzene rings is 1. The largest absolute Gasteiger partial charge is 0.352 e. The molecule has 2 rings (SSSR count). The summed E-state index contributed by atoms with van der Waals surface area (Å²) in [6.45, 7) is 4.68. The lowest BCUT2D eigenvalue weighted by molar-refractivity contribution is 0.0949. The number of hydrogen-bond donors (Lipinski definition) is 1. The second kappa shape index (κ2) is 5.12.